The Labute approximate surface area is 183 Å². The van der Waals surface area contributed by atoms with E-state index in [9.17, 15) is 0 Å². The molecule has 0 aliphatic heterocycles. The van der Waals surface area contributed by atoms with Crippen LogP contribution in [0.4, 0.5) is 5.82 Å². The van der Waals surface area contributed by atoms with Gasteiger partial charge >= 0.3 is 0 Å². The van der Waals surface area contributed by atoms with Gasteiger partial charge in [-0.05, 0) is 31.2 Å². The van der Waals surface area contributed by atoms with E-state index in [0.717, 1.165) is 40.8 Å². The number of benzene rings is 1. The molecule has 0 saturated carbocycles. The van der Waals surface area contributed by atoms with Crippen molar-refractivity contribution in [2.45, 2.75) is 42.9 Å². The molecule has 0 spiro atoms. The van der Waals surface area contributed by atoms with Crippen molar-refractivity contribution in [1.29, 1.82) is 0 Å². The van der Waals surface area contributed by atoms with Gasteiger partial charge in [-0.15, -0.1) is 0 Å². The molecule has 4 rings (SSSR count). The third-order valence-corrected chi connectivity index (χ3v) is 5.58. The second kappa shape index (κ2) is 9.03. The maximum atomic E-state index is 6.35. The van der Waals surface area contributed by atoms with Crippen LogP contribution in [-0.4, -0.2) is 37.1 Å². The SMILES string of the molecule is CC(C)NCCCn1c(Sc2cc(Cl)cc(-c3ncco3)c2)nc2c(N)ncnc21. The lowest BCUT2D eigenvalue weighted by atomic mass is 10.2. The van der Waals surface area contributed by atoms with Crippen LogP contribution in [0.1, 0.15) is 20.3 Å². The minimum absolute atomic E-state index is 0.368. The average molecular weight is 444 g/mol. The number of aryl methyl sites for hydroxylation is 1. The van der Waals surface area contributed by atoms with Crippen molar-refractivity contribution in [2.24, 2.45) is 0 Å². The number of fused-ring (bicyclic) bond motifs is 1. The van der Waals surface area contributed by atoms with E-state index in [0.29, 0.717) is 28.3 Å². The summed E-state index contributed by atoms with van der Waals surface area (Å²) in [6.07, 6.45) is 5.54. The molecule has 0 saturated heterocycles. The minimum Gasteiger partial charge on any atom is -0.445 e. The van der Waals surface area contributed by atoms with Gasteiger partial charge < -0.3 is 20.0 Å². The van der Waals surface area contributed by atoms with Gasteiger partial charge in [-0.3, -0.25) is 0 Å². The normalized spacial score (nSPS) is 11.6. The van der Waals surface area contributed by atoms with Gasteiger partial charge in [0.1, 0.15) is 12.6 Å². The largest absolute Gasteiger partial charge is 0.445 e. The average Bonchev–Trinajstić information content (AvgIpc) is 3.34. The van der Waals surface area contributed by atoms with Crippen LogP contribution in [0.2, 0.25) is 5.02 Å². The predicted octanol–water partition coefficient (Wildman–Crippen LogP) is 4.26. The summed E-state index contributed by atoms with van der Waals surface area (Å²) >= 11 is 7.84. The summed E-state index contributed by atoms with van der Waals surface area (Å²) < 4.78 is 7.49. The molecule has 3 heterocycles. The highest BCUT2D eigenvalue weighted by atomic mass is 35.5. The molecule has 0 unspecified atom stereocenters. The number of nitrogens with one attached hydrogen (secondary N) is 1. The van der Waals surface area contributed by atoms with Crippen molar-refractivity contribution in [3.63, 3.8) is 0 Å². The van der Waals surface area contributed by atoms with E-state index in [1.54, 1.807) is 6.20 Å². The minimum atomic E-state index is 0.368. The first-order valence-electron chi connectivity index (χ1n) is 9.59. The van der Waals surface area contributed by atoms with Gasteiger partial charge in [0, 0.05) is 28.1 Å². The topological polar surface area (TPSA) is 108 Å². The van der Waals surface area contributed by atoms with E-state index in [1.807, 2.05) is 18.2 Å². The Hall–Kier alpha value is -2.62. The van der Waals surface area contributed by atoms with Crippen LogP contribution in [0, 0.1) is 0 Å². The third-order valence-electron chi connectivity index (χ3n) is 4.40. The highest BCUT2D eigenvalue weighted by Gasteiger charge is 2.17. The number of aromatic nitrogens is 5. The number of hydrogen-bond acceptors (Lipinski definition) is 8. The quantitative estimate of drug-likeness (QED) is 0.389. The highest BCUT2D eigenvalue weighted by Crippen LogP contribution is 2.35. The van der Waals surface area contributed by atoms with E-state index in [-0.39, 0.29) is 0 Å². The Morgan fingerprint density at radius 2 is 2.10 bits per heavy atom. The number of rotatable bonds is 8. The highest BCUT2D eigenvalue weighted by molar-refractivity contribution is 7.99. The summed E-state index contributed by atoms with van der Waals surface area (Å²) in [7, 11) is 0. The molecule has 0 aliphatic carbocycles. The van der Waals surface area contributed by atoms with Gasteiger partial charge in [-0.1, -0.05) is 37.2 Å². The molecule has 8 nitrogen and oxygen atoms in total. The summed E-state index contributed by atoms with van der Waals surface area (Å²) in [4.78, 5) is 18.3. The lowest BCUT2D eigenvalue weighted by Crippen LogP contribution is -2.24. The summed E-state index contributed by atoms with van der Waals surface area (Å²) in [6, 6.07) is 6.12. The zero-order chi connectivity index (χ0) is 21.1. The number of nitrogens with two attached hydrogens (primary N) is 1. The van der Waals surface area contributed by atoms with Crippen molar-refractivity contribution in [3.05, 3.63) is 42.0 Å². The van der Waals surface area contributed by atoms with Crippen molar-refractivity contribution < 1.29 is 4.42 Å². The monoisotopic (exact) mass is 443 g/mol. The van der Waals surface area contributed by atoms with E-state index in [4.69, 9.17) is 26.7 Å². The fourth-order valence-electron chi connectivity index (χ4n) is 3.06. The van der Waals surface area contributed by atoms with Gasteiger partial charge in [0.2, 0.25) is 5.89 Å². The van der Waals surface area contributed by atoms with Crippen molar-refractivity contribution in [2.75, 3.05) is 12.3 Å². The molecule has 1 aromatic carbocycles. The molecule has 0 bridgehead atoms. The number of hydrogen-bond donors (Lipinski definition) is 2. The smallest absolute Gasteiger partial charge is 0.225 e. The van der Waals surface area contributed by atoms with E-state index in [2.05, 4.69) is 38.7 Å². The third kappa shape index (κ3) is 4.58. The first-order valence-corrected chi connectivity index (χ1v) is 10.8. The standard InChI is InChI=1S/C20H22ClN7OS/c1-12(2)23-4-3-6-28-18-16(17(22)25-11-26-18)27-20(28)30-15-9-13(8-14(21)10-15)19-24-5-7-29-19/h5,7-12,23H,3-4,6H2,1-2H3,(H2,22,25,26). The van der Waals surface area contributed by atoms with Gasteiger partial charge in [0.25, 0.3) is 0 Å². The maximum Gasteiger partial charge on any atom is 0.225 e. The maximum absolute atomic E-state index is 6.35. The molecule has 10 heteroatoms. The van der Waals surface area contributed by atoms with Crippen LogP contribution in [0.25, 0.3) is 22.6 Å². The fourth-order valence-corrected chi connectivity index (χ4v) is 4.37. The molecule has 3 aromatic heterocycles. The van der Waals surface area contributed by atoms with Crippen LogP contribution in [-0.2, 0) is 6.54 Å². The Morgan fingerprint density at radius 3 is 2.87 bits per heavy atom. The number of nitrogen functional groups attached to an aromatic ring is 1. The first kappa shape index (κ1) is 20.6. The zero-order valence-electron chi connectivity index (χ0n) is 16.7. The first-order chi connectivity index (χ1) is 14.5. The number of nitrogens with zero attached hydrogens (tertiary/aromatic N) is 5. The summed E-state index contributed by atoms with van der Waals surface area (Å²) in [5.74, 6) is 0.884. The number of anilines is 1. The van der Waals surface area contributed by atoms with Crippen molar-refractivity contribution in [1.82, 2.24) is 29.8 Å². The summed E-state index contributed by atoms with van der Waals surface area (Å²) in [6.45, 7) is 5.91. The predicted molar refractivity (Wildman–Crippen MR) is 119 cm³/mol. The lowest BCUT2D eigenvalue weighted by Gasteiger charge is -2.11. The molecule has 156 valence electrons. The van der Waals surface area contributed by atoms with E-state index >= 15 is 0 Å². The van der Waals surface area contributed by atoms with Crippen molar-refractivity contribution in [3.8, 4) is 11.5 Å². The number of halogens is 1. The van der Waals surface area contributed by atoms with Crippen LogP contribution < -0.4 is 11.1 Å². The fraction of sp³-hybridized carbons (Fsp3) is 0.300. The molecule has 0 amide bonds. The second-order valence-corrected chi connectivity index (χ2v) is 8.53. The summed E-state index contributed by atoms with van der Waals surface area (Å²) in [5, 5.41) is 4.81. The molecule has 0 radical (unpaired) electrons. The zero-order valence-corrected chi connectivity index (χ0v) is 18.2. The Bertz CT molecular complexity index is 1140. The lowest BCUT2D eigenvalue weighted by molar-refractivity contribution is 0.525. The molecule has 0 fully saturated rings. The van der Waals surface area contributed by atoms with Crippen molar-refractivity contribution >= 4 is 40.3 Å². The second-order valence-electron chi connectivity index (χ2n) is 7.05. The Kier molecular flexibility index (Phi) is 6.21. The van der Waals surface area contributed by atoms with Gasteiger partial charge in [-0.25, -0.2) is 19.9 Å². The molecule has 3 N–H and O–H groups in total. The van der Waals surface area contributed by atoms with Gasteiger partial charge in [0.15, 0.2) is 22.1 Å². The van der Waals surface area contributed by atoms with E-state index < -0.39 is 0 Å². The molecular weight excluding hydrogens is 422 g/mol. The van der Waals surface area contributed by atoms with Crippen LogP contribution in [0.5, 0.6) is 0 Å². The molecular formula is C20H22ClN7OS. The van der Waals surface area contributed by atoms with Gasteiger partial charge in [0.05, 0.1) is 6.20 Å². The van der Waals surface area contributed by atoms with Gasteiger partial charge in [-0.2, -0.15) is 0 Å². The van der Waals surface area contributed by atoms with Crippen LogP contribution in [0.15, 0.2) is 51.5 Å². The van der Waals surface area contributed by atoms with Crippen LogP contribution >= 0.6 is 23.4 Å². The molecule has 0 aliphatic rings. The Morgan fingerprint density at radius 1 is 1.23 bits per heavy atom. The Balaban J connectivity index is 1.66. The number of imidazole rings is 1. The van der Waals surface area contributed by atoms with E-state index in [1.165, 1.54) is 24.4 Å². The molecule has 0 atom stereocenters. The summed E-state index contributed by atoms with van der Waals surface area (Å²) in [5.41, 5.74) is 8.18. The van der Waals surface area contributed by atoms with Crippen LogP contribution in [0.3, 0.4) is 0 Å². The molecule has 4 aromatic rings. The number of oxazole rings is 1. The molecule has 30 heavy (non-hydrogen) atoms.